The van der Waals surface area contributed by atoms with Crippen molar-refractivity contribution in [1.82, 2.24) is 9.97 Å². The number of hydrogen-bond donors (Lipinski definition) is 1. The summed E-state index contributed by atoms with van der Waals surface area (Å²) in [5, 5.41) is 3.34. The van der Waals surface area contributed by atoms with E-state index in [2.05, 4.69) is 15.3 Å². The van der Waals surface area contributed by atoms with Crippen molar-refractivity contribution in [3.05, 3.63) is 71.5 Å². The minimum absolute atomic E-state index is 0.0265. The van der Waals surface area contributed by atoms with Gasteiger partial charge in [-0.2, -0.15) is 0 Å². The van der Waals surface area contributed by atoms with Gasteiger partial charge in [-0.05, 0) is 50.2 Å². The number of anilines is 1. The molecule has 0 fully saturated rings. The summed E-state index contributed by atoms with van der Waals surface area (Å²) in [6.07, 6.45) is 3.28. The number of nitrogens with one attached hydrogen (secondary N) is 1. The third-order valence-electron chi connectivity index (χ3n) is 4.11. The largest absolute Gasteiger partial charge is 0.491 e. The first kappa shape index (κ1) is 19.0. The van der Waals surface area contributed by atoms with Crippen molar-refractivity contribution in [3.63, 3.8) is 0 Å². The fourth-order valence-electron chi connectivity index (χ4n) is 2.85. The molecule has 0 spiro atoms. The van der Waals surface area contributed by atoms with E-state index >= 15 is 0 Å². The first-order valence-electron chi connectivity index (χ1n) is 9.08. The Morgan fingerprint density at radius 2 is 2.03 bits per heavy atom. The van der Waals surface area contributed by atoms with E-state index in [0.29, 0.717) is 44.6 Å². The average Bonchev–Trinajstić information content (AvgIpc) is 3.13. The van der Waals surface area contributed by atoms with Crippen molar-refractivity contribution >= 4 is 34.3 Å². The van der Waals surface area contributed by atoms with E-state index in [0.717, 1.165) is 0 Å². The lowest BCUT2D eigenvalue weighted by Gasteiger charge is -2.11. The minimum atomic E-state index is -0.255. The second-order valence-corrected chi connectivity index (χ2v) is 7.11. The molecule has 0 aliphatic rings. The maximum absolute atomic E-state index is 12.7. The first-order chi connectivity index (χ1) is 14.0. The average molecular weight is 408 g/mol. The maximum Gasteiger partial charge on any atom is 0.255 e. The number of carbonyl (C=O) groups is 1. The highest BCUT2D eigenvalue weighted by molar-refractivity contribution is 6.33. The van der Waals surface area contributed by atoms with E-state index in [1.807, 2.05) is 19.9 Å². The smallest absolute Gasteiger partial charge is 0.255 e. The molecular formula is C22H18ClN3O3. The highest BCUT2D eigenvalue weighted by Gasteiger charge is 2.14. The van der Waals surface area contributed by atoms with Crippen LogP contribution in [0.2, 0.25) is 5.02 Å². The molecular weight excluding hydrogens is 390 g/mol. The number of amides is 1. The summed E-state index contributed by atoms with van der Waals surface area (Å²) < 4.78 is 11.4. The van der Waals surface area contributed by atoms with Gasteiger partial charge in [-0.15, -0.1) is 0 Å². The van der Waals surface area contributed by atoms with E-state index in [1.54, 1.807) is 54.9 Å². The molecule has 2 heterocycles. The molecule has 4 aromatic rings. The molecule has 0 aliphatic heterocycles. The molecule has 2 aromatic heterocycles. The van der Waals surface area contributed by atoms with Gasteiger partial charge in [0, 0.05) is 23.5 Å². The van der Waals surface area contributed by atoms with E-state index in [4.69, 9.17) is 20.8 Å². The molecule has 1 amide bonds. The van der Waals surface area contributed by atoms with Gasteiger partial charge >= 0.3 is 0 Å². The molecule has 146 valence electrons. The van der Waals surface area contributed by atoms with Crippen LogP contribution in [0.4, 0.5) is 5.69 Å². The summed E-state index contributed by atoms with van der Waals surface area (Å²) in [5.41, 5.74) is 2.90. The molecule has 0 aliphatic carbocycles. The van der Waals surface area contributed by atoms with Gasteiger partial charge in [0.1, 0.15) is 11.3 Å². The van der Waals surface area contributed by atoms with Crippen LogP contribution in [0.3, 0.4) is 0 Å². The lowest BCUT2D eigenvalue weighted by atomic mass is 10.1. The van der Waals surface area contributed by atoms with E-state index in [9.17, 15) is 4.79 Å². The quantitative estimate of drug-likeness (QED) is 0.467. The molecule has 6 nitrogen and oxygen atoms in total. The fraction of sp³-hybridized carbons (Fsp3) is 0.136. The molecule has 1 N–H and O–H groups in total. The van der Waals surface area contributed by atoms with Crippen LogP contribution in [-0.2, 0) is 0 Å². The van der Waals surface area contributed by atoms with Gasteiger partial charge in [-0.3, -0.25) is 9.78 Å². The summed E-state index contributed by atoms with van der Waals surface area (Å²) in [4.78, 5) is 21.1. The third kappa shape index (κ3) is 4.22. The van der Waals surface area contributed by atoms with Crippen LogP contribution < -0.4 is 10.1 Å². The molecule has 0 saturated carbocycles. The summed E-state index contributed by atoms with van der Waals surface area (Å²) in [6, 6.07) is 13.9. The number of ether oxygens (including phenoxy) is 1. The van der Waals surface area contributed by atoms with Crippen molar-refractivity contribution in [3.8, 4) is 17.2 Å². The first-order valence-corrected chi connectivity index (χ1v) is 9.46. The second-order valence-electron chi connectivity index (χ2n) is 6.71. The number of halogens is 1. The molecule has 4 rings (SSSR count). The molecule has 0 atom stereocenters. The topological polar surface area (TPSA) is 77.2 Å². The number of fused-ring (bicyclic) bond motifs is 1. The van der Waals surface area contributed by atoms with Crippen LogP contribution >= 0.6 is 11.6 Å². The number of carbonyl (C=O) groups excluding carboxylic acids is 1. The Hall–Kier alpha value is -3.38. The van der Waals surface area contributed by atoms with Crippen molar-refractivity contribution in [2.75, 3.05) is 5.32 Å². The normalized spacial score (nSPS) is 11.0. The van der Waals surface area contributed by atoms with Crippen LogP contribution in [0.1, 0.15) is 24.2 Å². The minimum Gasteiger partial charge on any atom is -0.491 e. The zero-order valence-corrected chi connectivity index (χ0v) is 16.6. The molecule has 0 saturated heterocycles. The molecule has 0 unspecified atom stereocenters. The predicted octanol–water partition coefficient (Wildman–Crippen LogP) is 5.58. The molecule has 7 heteroatoms. The second kappa shape index (κ2) is 7.93. The van der Waals surface area contributed by atoms with Gasteiger partial charge in [-0.1, -0.05) is 17.7 Å². The van der Waals surface area contributed by atoms with Crippen molar-refractivity contribution < 1.29 is 13.9 Å². The molecule has 29 heavy (non-hydrogen) atoms. The van der Waals surface area contributed by atoms with Gasteiger partial charge in [0.05, 0.1) is 22.9 Å². The zero-order chi connectivity index (χ0) is 20.4. The van der Waals surface area contributed by atoms with Crippen LogP contribution in [-0.4, -0.2) is 22.0 Å². The molecule has 0 bridgehead atoms. The molecule has 0 radical (unpaired) electrons. The maximum atomic E-state index is 12.7. The number of aromatic nitrogens is 2. The lowest BCUT2D eigenvalue weighted by Crippen LogP contribution is -2.12. The Kier molecular flexibility index (Phi) is 5.18. The Bertz CT molecular complexity index is 1150. The lowest BCUT2D eigenvalue weighted by molar-refractivity contribution is 0.102. The van der Waals surface area contributed by atoms with Gasteiger partial charge in [0.15, 0.2) is 5.58 Å². The van der Waals surface area contributed by atoms with E-state index in [1.165, 1.54) is 0 Å². The number of nitrogens with zero attached hydrogens (tertiary/aromatic N) is 2. The highest BCUT2D eigenvalue weighted by atomic mass is 35.5. The van der Waals surface area contributed by atoms with Crippen LogP contribution in [0.5, 0.6) is 5.75 Å². The SMILES string of the molecule is CC(C)Oc1cccc(C(=O)Nc2ccc(Cl)c(-c3nc4cnccc4o3)c2)c1. The van der Waals surface area contributed by atoms with Gasteiger partial charge in [0.2, 0.25) is 5.89 Å². The van der Waals surface area contributed by atoms with Gasteiger partial charge in [-0.25, -0.2) is 4.98 Å². The molecule has 2 aromatic carbocycles. The Labute approximate surface area is 172 Å². The van der Waals surface area contributed by atoms with Crippen molar-refractivity contribution in [2.24, 2.45) is 0 Å². The van der Waals surface area contributed by atoms with E-state index < -0.39 is 0 Å². The van der Waals surface area contributed by atoms with Crippen molar-refractivity contribution in [1.29, 1.82) is 0 Å². The van der Waals surface area contributed by atoms with Crippen LogP contribution in [0.25, 0.3) is 22.6 Å². The van der Waals surface area contributed by atoms with Gasteiger partial charge in [0.25, 0.3) is 5.91 Å². The standard InChI is InChI=1S/C22H18ClN3O3/c1-13(2)28-16-5-3-4-14(10-16)21(27)25-15-6-7-18(23)17(11-15)22-26-19-12-24-9-8-20(19)29-22/h3-13H,1-2H3,(H,25,27). The number of oxazole rings is 1. The van der Waals surface area contributed by atoms with Crippen molar-refractivity contribution in [2.45, 2.75) is 20.0 Å². The van der Waals surface area contributed by atoms with Crippen LogP contribution in [0, 0.1) is 0 Å². The number of pyridine rings is 1. The number of hydrogen-bond acceptors (Lipinski definition) is 5. The summed E-state index contributed by atoms with van der Waals surface area (Å²) in [5.74, 6) is 0.750. The predicted molar refractivity (Wildman–Crippen MR) is 112 cm³/mol. The summed E-state index contributed by atoms with van der Waals surface area (Å²) >= 11 is 6.34. The number of benzene rings is 2. The number of rotatable bonds is 5. The Balaban J connectivity index is 1.60. The van der Waals surface area contributed by atoms with Gasteiger partial charge < -0.3 is 14.5 Å². The third-order valence-corrected chi connectivity index (χ3v) is 4.44. The summed E-state index contributed by atoms with van der Waals surface area (Å²) in [7, 11) is 0. The van der Waals surface area contributed by atoms with Crippen LogP contribution in [0.15, 0.2) is 65.3 Å². The van der Waals surface area contributed by atoms with E-state index in [-0.39, 0.29) is 12.0 Å². The Morgan fingerprint density at radius 1 is 1.17 bits per heavy atom. The summed E-state index contributed by atoms with van der Waals surface area (Å²) in [6.45, 7) is 3.87. The highest BCUT2D eigenvalue weighted by Crippen LogP contribution is 2.32. The monoisotopic (exact) mass is 407 g/mol. The Morgan fingerprint density at radius 3 is 2.83 bits per heavy atom. The zero-order valence-electron chi connectivity index (χ0n) is 15.8. The fourth-order valence-corrected chi connectivity index (χ4v) is 3.05.